The SMILES string of the molecule is Cc1cc2c([C@H]3CCNC3)ccc(C(N)=O)c2[nH]1. The van der Waals surface area contributed by atoms with Gasteiger partial charge in [0.25, 0.3) is 5.91 Å². The first-order valence-electron chi connectivity index (χ1n) is 6.29. The number of hydrogen-bond acceptors (Lipinski definition) is 2. The molecule has 2 aromatic rings. The number of aromatic amines is 1. The van der Waals surface area contributed by atoms with E-state index in [-0.39, 0.29) is 5.91 Å². The van der Waals surface area contributed by atoms with Gasteiger partial charge in [-0.05, 0) is 43.5 Å². The molecule has 1 aromatic carbocycles. The van der Waals surface area contributed by atoms with Crippen LogP contribution in [0.3, 0.4) is 0 Å². The van der Waals surface area contributed by atoms with Crippen LogP contribution in [-0.4, -0.2) is 24.0 Å². The van der Waals surface area contributed by atoms with Crippen molar-refractivity contribution < 1.29 is 4.79 Å². The molecule has 94 valence electrons. The topological polar surface area (TPSA) is 70.9 Å². The number of fused-ring (bicyclic) bond motifs is 1. The van der Waals surface area contributed by atoms with Crippen LogP contribution in [0.25, 0.3) is 10.9 Å². The van der Waals surface area contributed by atoms with Crippen molar-refractivity contribution in [3.63, 3.8) is 0 Å². The van der Waals surface area contributed by atoms with Crippen molar-refractivity contribution in [3.8, 4) is 0 Å². The largest absolute Gasteiger partial charge is 0.366 e. The Balaban J connectivity index is 2.22. The van der Waals surface area contributed by atoms with E-state index in [0.717, 1.165) is 36.1 Å². The van der Waals surface area contributed by atoms with E-state index in [0.29, 0.717) is 11.5 Å². The second-order valence-corrected chi connectivity index (χ2v) is 5.00. The first-order valence-corrected chi connectivity index (χ1v) is 6.29. The summed E-state index contributed by atoms with van der Waals surface area (Å²) < 4.78 is 0. The lowest BCUT2D eigenvalue weighted by Gasteiger charge is -2.11. The first-order chi connectivity index (χ1) is 8.66. The third kappa shape index (κ3) is 1.69. The highest BCUT2D eigenvalue weighted by molar-refractivity contribution is 6.06. The molecule has 4 heteroatoms. The predicted molar refractivity (Wildman–Crippen MR) is 71.8 cm³/mol. The van der Waals surface area contributed by atoms with Crippen molar-refractivity contribution in [3.05, 3.63) is 35.0 Å². The van der Waals surface area contributed by atoms with Crippen LogP contribution in [0.1, 0.15) is 34.0 Å². The molecule has 4 N–H and O–H groups in total. The number of hydrogen-bond donors (Lipinski definition) is 3. The summed E-state index contributed by atoms with van der Waals surface area (Å²) in [4.78, 5) is 14.7. The molecule has 4 nitrogen and oxygen atoms in total. The van der Waals surface area contributed by atoms with E-state index in [9.17, 15) is 4.79 Å². The van der Waals surface area contributed by atoms with Crippen LogP contribution in [0.4, 0.5) is 0 Å². The van der Waals surface area contributed by atoms with Crippen molar-refractivity contribution >= 4 is 16.8 Å². The van der Waals surface area contributed by atoms with Crippen LogP contribution in [-0.2, 0) is 0 Å². The number of carbonyl (C=O) groups excluding carboxylic acids is 1. The van der Waals surface area contributed by atoms with E-state index in [1.54, 1.807) is 0 Å². The summed E-state index contributed by atoms with van der Waals surface area (Å²) in [6, 6.07) is 6.00. The number of nitrogens with one attached hydrogen (secondary N) is 2. The van der Waals surface area contributed by atoms with Gasteiger partial charge in [0.2, 0.25) is 0 Å². The smallest absolute Gasteiger partial charge is 0.250 e. The van der Waals surface area contributed by atoms with Crippen molar-refractivity contribution in [2.24, 2.45) is 5.73 Å². The molecule has 1 fully saturated rings. The lowest BCUT2D eigenvalue weighted by atomic mass is 9.93. The molecule has 1 saturated heterocycles. The van der Waals surface area contributed by atoms with Gasteiger partial charge in [-0.1, -0.05) is 6.07 Å². The zero-order chi connectivity index (χ0) is 12.7. The molecule has 0 radical (unpaired) electrons. The van der Waals surface area contributed by atoms with Crippen molar-refractivity contribution in [2.75, 3.05) is 13.1 Å². The molecular formula is C14H17N3O. The Morgan fingerprint density at radius 2 is 2.28 bits per heavy atom. The maximum atomic E-state index is 11.4. The number of primary amides is 1. The van der Waals surface area contributed by atoms with Gasteiger partial charge in [0.1, 0.15) is 0 Å². The highest BCUT2D eigenvalue weighted by Gasteiger charge is 2.21. The van der Waals surface area contributed by atoms with Gasteiger partial charge >= 0.3 is 0 Å². The average Bonchev–Trinajstić information content (AvgIpc) is 2.94. The van der Waals surface area contributed by atoms with Gasteiger partial charge in [0.05, 0.1) is 11.1 Å². The summed E-state index contributed by atoms with van der Waals surface area (Å²) in [5.41, 5.74) is 9.25. The fourth-order valence-corrected chi connectivity index (χ4v) is 2.86. The van der Waals surface area contributed by atoms with Crippen LogP contribution < -0.4 is 11.1 Å². The molecule has 0 aliphatic carbocycles. The minimum atomic E-state index is -0.377. The van der Waals surface area contributed by atoms with E-state index in [2.05, 4.69) is 16.4 Å². The van der Waals surface area contributed by atoms with Crippen molar-refractivity contribution in [1.82, 2.24) is 10.3 Å². The van der Waals surface area contributed by atoms with Crippen molar-refractivity contribution in [1.29, 1.82) is 0 Å². The van der Waals surface area contributed by atoms with Gasteiger partial charge in [0.15, 0.2) is 0 Å². The Labute approximate surface area is 106 Å². The van der Waals surface area contributed by atoms with Gasteiger partial charge < -0.3 is 16.0 Å². The Hall–Kier alpha value is -1.81. The number of rotatable bonds is 2. The highest BCUT2D eigenvalue weighted by Crippen LogP contribution is 2.31. The molecule has 1 amide bonds. The number of aromatic nitrogens is 1. The number of H-pyrrole nitrogens is 1. The van der Waals surface area contributed by atoms with Crippen molar-refractivity contribution in [2.45, 2.75) is 19.3 Å². The van der Waals surface area contributed by atoms with Crippen LogP contribution in [0.2, 0.25) is 0 Å². The zero-order valence-electron chi connectivity index (χ0n) is 10.4. The van der Waals surface area contributed by atoms with Crippen LogP contribution >= 0.6 is 0 Å². The van der Waals surface area contributed by atoms with Gasteiger partial charge in [0, 0.05) is 17.6 Å². The van der Waals surface area contributed by atoms with E-state index >= 15 is 0 Å². The zero-order valence-corrected chi connectivity index (χ0v) is 10.4. The standard InChI is InChI=1S/C14H17N3O/c1-8-6-12-10(9-4-5-16-7-9)2-3-11(14(15)18)13(12)17-8/h2-3,6,9,16-17H,4-5,7H2,1H3,(H2,15,18)/t9-/m0/s1. The van der Waals surface area contributed by atoms with Gasteiger partial charge in [-0.15, -0.1) is 0 Å². The second kappa shape index (κ2) is 4.14. The number of nitrogens with two attached hydrogens (primary N) is 1. The molecule has 0 saturated carbocycles. The first kappa shape index (κ1) is 11.3. The quantitative estimate of drug-likeness (QED) is 0.750. The molecular weight excluding hydrogens is 226 g/mol. The normalized spacial score (nSPS) is 19.5. The fraction of sp³-hybridized carbons (Fsp3) is 0.357. The molecule has 0 spiro atoms. The van der Waals surface area contributed by atoms with E-state index in [1.807, 2.05) is 19.1 Å². The molecule has 0 bridgehead atoms. The van der Waals surface area contributed by atoms with Crippen LogP contribution in [0.15, 0.2) is 18.2 Å². The Kier molecular flexibility index (Phi) is 2.59. The molecule has 3 rings (SSSR count). The molecule has 2 heterocycles. The third-order valence-corrected chi connectivity index (χ3v) is 3.73. The van der Waals surface area contributed by atoms with Crippen LogP contribution in [0, 0.1) is 6.92 Å². The van der Waals surface area contributed by atoms with Gasteiger partial charge in [-0.25, -0.2) is 0 Å². The Morgan fingerprint density at radius 3 is 2.94 bits per heavy atom. The summed E-state index contributed by atoms with van der Waals surface area (Å²) in [6.07, 6.45) is 1.15. The highest BCUT2D eigenvalue weighted by atomic mass is 16.1. The van der Waals surface area contributed by atoms with Gasteiger partial charge in [-0.2, -0.15) is 0 Å². The maximum Gasteiger partial charge on any atom is 0.250 e. The fourth-order valence-electron chi connectivity index (χ4n) is 2.86. The predicted octanol–water partition coefficient (Wildman–Crippen LogP) is 1.65. The molecule has 0 unspecified atom stereocenters. The van der Waals surface area contributed by atoms with E-state index in [1.165, 1.54) is 5.56 Å². The maximum absolute atomic E-state index is 11.4. The summed E-state index contributed by atoms with van der Waals surface area (Å²) in [5, 5.41) is 4.51. The summed E-state index contributed by atoms with van der Waals surface area (Å²) in [6.45, 7) is 4.07. The Bertz CT molecular complexity index is 609. The number of aryl methyl sites for hydroxylation is 1. The third-order valence-electron chi connectivity index (χ3n) is 3.73. The van der Waals surface area contributed by atoms with Gasteiger partial charge in [-0.3, -0.25) is 4.79 Å². The lowest BCUT2D eigenvalue weighted by Crippen LogP contribution is -2.12. The number of amides is 1. The summed E-state index contributed by atoms with van der Waals surface area (Å²) >= 11 is 0. The second-order valence-electron chi connectivity index (χ2n) is 5.00. The lowest BCUT2D eigenvalue weighted by molar-refractivity contribution is 0.100. The van der Waals surface area contributed by atoms with E-state index in [4.69, 9.17) is 5.73 Å². The molecule has 1 aliphatic rings. The minimum absolute atomic E-state index is 0.377. The van der Waals surface area contributed by atoms with E-state index < -0.39 is 0 Å². The summed E-state index contributed by atoms with van der Waals surface area (Å²) in [5.74, 6) is 0.155. The summed E-state index contributed by atoms with van der Waals surface area (Å²) in [7, 11) is 0. The number of carbonyl (C=O) groups is 1. The Morgan fingerprint density at radius 1 is 1.44 bits per heavy atom. The molecule has 1 aliphatic heterocycles. The van der Waals surface area contributed by atoms with Crippen LogP contribution in [0.5, 0.6) is 0 Å². The molecule has 18 heavy (non-hydrogen) atoms. The monoisotopic (exact) mass is 243 g/mol. The minimum Gasteiger partial charge on any atom is -0.366 e. The molecule has 1 atom stereocenters. The number of benzene rings is 1. The average molecular weight is 243 g/mol. The molecule has 1 aromatic heterocycles.